The molecule has 0 atom stereocenters. The van der Waals surface area contributed by atoms with Crippen LogP contribution in [-0.4, -0.2) is 40.3 Å². The first-order chi connectivity index (χ1) is 12.8. The van der Waals surface area contributed by atoms with E-state index in [0.717, 1.165) is 37.0 Å². The van der Waals surface area contributed by atoms with Crippen LogP contribution in [0.1, 0.15) is 41.3 Å². The van der Waals surface area contributed by atoms with E-state index in [9.17, 15) is 4.79 Å². The average molecular weight is 345 g/mol. The molecule has 0 unspecified atom stereocenters. The third-order valence-electron chi connectivity index (χ3n) is 5.05. The second-order valence-electron chi connectivity index (χ2n) is 6.81. The van der Waals surface area contributed by atoms with E-state index in [1.54, 1.807) is 18.5 Å². The minimum atomic E-state index is 0.0129. The number of nitrogens with zero attached hydrogens (tertiary/aromatic N) is 2. The van der Waals surface area contributed by atoms with Crippen LogP contribution >= 0.6 is 0 Å². The summed E-state index contributed by atoms with van der Waals surface area (Å²) in [5.41, 5.74) is 4.98. The normalized spacial score (nSPS) is 15.2. The largest absolute Gasteiger partial charge is 0.361 e. The number of H-pyrrole nitrogens is 1. The fraction of sp³-hybridized carbons (Fsp3) is 0.273. The number of fused-ring (bicyclic) bond motifs is 1. The summed E-state index contributed by atoms with van der Waals surface area (Å²) in [5, 5.41) is 1.12. The Balaban J connectivity index is 1.67. The van der Waals surface area contributed by atoms with E-state index in [2.05, 4.69) is 34.1 Å². The first kappa shape index (κ1) is 16.7. The molecule has 0 saturated heterocycles. The van der Waals surface area contributed by atoms with Gasteiger partial charge in [0.2, 0.25) is 0 Å². The van der Waals surface area contributed by atoms with Gasteiger partial charge in [0.25, 0.3) is 0 Å². The van der Waals surface area contributed by atoms with Crippen LogP contribution in [0, 0.1) is 0 Å². The first-order valence-corrected chi connectivity index (χ1v) is 9.24. The SMILES string of the molecule is CCCN1CC=C(c2c[nH]c3ccc(C(=O)c4cccnc4)cc23)CC1. The summed E-state index contributed by atoms with van der Waals surface area (Å²) in [5.74, 6) is 0.0129. The van der Waals surface area contributed by atoms with Crippen LogP contribution in [-0.2, 0) is 0 Å². The molecule has 0 bridgehead atoms. The molecule has 1 N–H and O–H groups in total. The molecule has 4 heteroatoms. The molecule has 4 nitrogen and oxygen atoms in total. The monoisotopic (exact) mass is 345 g/mol. The van der Waals surface area contributed by atoms with Crippen molar-refractivity contribution in [3.05, 3.63) is 71.7 Å². The van der Waals surface area contributed by atoms with Gasteiger partial charge in [-0.3, -0.25) is 14.7 Å². The van der Waals surface area contributed by atoms with E-state index in [1.165, 1.54) is 17.6 Å². The molecule has 2 aromatic heterocycles. The summed E-state index contributed by atoms with van der Waals surface area (Å²) in [6, 6.07) is 9.49. The minimum Gasteiger partial charge on any atom is -0.361 e. The number of ketones is 1. The lowest BCUT2D eigenvalue weighted by Gasteiger charge is -2.25. The van der Waals surface area contributed by atoms with Gasteiger partial charge < -0.3 is 4.98 Å². The van der Waals surface area contributed by atoms with Crippen LogP contribution in [0.2, 0.25) is 0 Å². The van der Waals surface area contributed by atoms with Crippen molar-refractivity contribution in [1.82, 2.24) is 14.9 Å². The van der Waals surface area contributed by atoms with Crippen molar-refractivity contribution < 1.29 is 4.79 Å². The third-order valence-corrected chi connectivity index (χ3v) is 5.05. The van der Waals surface area contributed by atoms with E-state index in [0.29, 0.717) is 11.1 Å². The predicted molar refractivity (Wildman–Crippen MR) is 105 cm³/mol. The number of carbonyl (C=O) groups excluding carboxylic acids is 1. The van der Waals surface area contributed by atoms with E-state index in [1.807, 2.05) is 24.3 Å². The number of aromatic nitrogens is 2. The molecule has 1 aliphatic rings. The average Bonchev–Trinajstić information content (AvgIpc) is 3.12. The lowest BCUT2D eigenvalue weighted by atomic mass is 9.96. The van der Waals surface area contributed by atoms with Crippen molar-refractivity contribution in [2.75, 3.05) is 19.6 Å². The molecular weight excluding hydrogens is 322 g/mol. The van der Waals surface area contributed by atoms with Crippen LogP contribution in [0.4, 0.5) is 0 Å². The van der Waals surface area contributed by atoms with Crippen molar-refractivity contribution in [2.24, 2.45) is 0 Å². The Morgan fingerprint density at radius 1 is 1.27 bits per heavy atom. The van der Waals surface area contributed by atoms with E-state index in [4.69, 9.17) is 0 Å². The number of rotatable bonds is 5. The molecule has 3 aromatic rings. The van der Waals surface area contributed by atoms with E-state index < -0.39 is 0 Å². The molecule has 0 amide bonds. The number of carbonyl (C=O) groups is 1. The highest BCUT2D eigenvalue weighted by Crippen LogP contribution is 2.30. The Morgan fingerprint density at radius 3 is 2.92 bits per heavy atom. The Bertz CT molecular complexity index is 956. The summed E-state index contributed by atoms with van der Waals surface area (Å²) in [6.45, 7) is 5.48. The van der Waals surface area contributed by atoms with Crippen LogP contribution in [0.5, 0.6) is 0 Å². The topological polar surface area (TPSA) is 49.0 Å². The van der Waals surface area contributed by atoms with Crippen LogP contribution in [0.3, 0.4) is 0 Å². The van der Waals surface area contributed by atoms with Gasteiger partial charge in [-0.15, -0.1) is 0 Å². The van der Waals surface area contributed by atoms with Gasteiger partial charge in [0.1, 0.15) is 0 Å². The maximum atomic E-state index is 12.7. The summed E-state index contributed by atoms with van der Waals surface area (Å²) in [7, 11) is 0. The van der Waals surface area contributed by atoms with Crippen molar-refractivity contribution >= 4 is 22.3 Å². The molecule has 26 heavy (non-hydrogen) atoms. The Hall–Kier alpha value is -2.72. The van der Waals surface area contributed by atoms with Crippen molar-refractivity contribution in [1.29, 1.82) is 0 Å². The van der Waals surface area contributed by atoms with Crippen LogP contribution in [0.25, 0.3) is 16.5 Å². The Kier molecular flexibility index (Phi) is 4.67. The standard InChI is InChI=1S/C22H23N3O/c1-2-10-25-11-7-16(8-12-25)20-15-24-21-6-5-17(13-19(20)21)22(26)18-4-3-9-23-14-18/h3-7,9,13-15,24H,2,8,10-12H2,1H3. The second kappa shape index (κ2) is 7.26. The molecule has 132 valence electrons. The fourth-order valence-corrected chi connectivity index (χ4v) is 3.67. The smallest absolute Gasteiger partial charge is 0.194 e. The number of hydrogen-bond donors (Lipinski definition) is 1. The van der Waals surface area contributed by atoms with Gasteiger partial charge in [0.05, 0.1) is 0 Å². The summed E-state index contributed by atoms with van der Waals surface area (Å²) >= 11 is 0. The number of benzene rings is 1. The quantitative estimate of drug-likeness (QED) is 0.702. The minimum absolute atomic E-state index is 0.0129. The van der Waals surface area contributed by atoms with Crippen molar-refractivity contribution in [3.8, 4) is 0 Å². The molecule has 1 aromatic carbocycles. The van der Waals surface area contributed by atoms with Gasteiger partial charge in [-0.1, -0.05) is 13.0 Å². The van der Waals surface area contributed by atoms with Crippen molar-refractivity contribution in [2.45, 2.75) is 19.8 Å². The maximum Gasteiger partial charge on any atom is 0.194 e. The number of aromatic amines is 1. The zero-order valence-corrected chi connectivity index (χ0v) is 15.0. The predicted octanol–water partition coefficient (Wildman–Crippen LogP) is 4.29. The molecule has 0 radical (unpaired) electrons. The van der Waals surface area contributed by atoms with Gasteiger partial charge in [-0.25, -0.2) is 0 Å². The lowest BCUT2D eigenvalue weighted by Crippen LogP contribution is -2.29. The number of hydrogen-bond acceptors (Lipinski definition) is 3. The van der Waals surface area contributed by atoms with Crippen molar-refractivity contribution in [3.63, 3.8) is 0 Å². The summed E-state index contributed by atoms with van der Waals surface area (Å²) < 4.78 is 0. The van der Waals surface area contributed by atoms with E-state index in [-0.39, 0.29) is 5.78 Å². The molecular formula is C22H23N3O. The van der Waals surface area contributed by atoms with Gasteiger partial charge in [0, 0.05) is 59.3 Å². The van der Waals surface area contributed by atoms with Gasteiger partial charge in [0.15, 0.2) is 5.78 Å². The Labute approximate surface area is 153 Å². The molecule has 4 rings (SSSR count). The first-order valence-electron chi connectivity index (χ1n) is 9.24. The fourth-order valence-electron chi connectivity index (χ4n) is 3.67. The third kappa shape index (κ3) is 3.20. The highest BCUT2D eigenvalue weighted by molar-refractivity contribution is 6.11. The van der Waals surface area contributed by atoms with E-state index >= 15 is 0 Å². The highest BCUT2D eigenvalue weighted by atomic mass is 16.1. The zero-order valence-electron chi connectivity index (χ0n) is 15.0. The second-order valence-corrected chi connectivity index (χ2v) is 6.81. The van der Waals surface area contributed by atoms with Gasteiger partial charge >= 0.3 is 0 Å². The molecule has 3 heterocycles. The molecule has 0 aliphatic carbocycles. The van der Waals surface area contributed by atoms with Crippen LogP contribution < -0.4 is 0 Å². The zero-order chi connectivity index (χ0) is 17.9. The molecule has 1 aliphatic heterocycles. The van der Waals surface area contributed by atoms with Gasteiger partial charge in [-0.2, -0.15) is 0 Å². The molecule has 0 saturated carbocycles. The Morgan fingerprint density at radius 2 is 2.19 bits per heavy atom. The highest BCUT2D eigenvalue weighted by Gasteiger charge is 2.17. The number of pyridine rings is 1. The maximum absolute atomic E-state index is 12.7. The molecule has 0 spiro atoms. The molecule has 0 fully saturated rings. The van der Waals surface area contributed by atoms with Gasteiger partial charge in [-0.05, 0) is 55.3 Å². The van der Waals surface area contributed by atoms with Crippen LogP contribution in [0.15, 0.2) is 55.0 Å². The number of nitrogens with one attached hydrogen (secondary N) is 1. The summed E-state index contributed by atoms with van der Waals surface area (Å²) in [6.07, 6.45) is 9.95. The summed E-state index contributed by atoms with van der Waals surface area (Å²) in [4.78, 5) is 22.6. The lowest BCUT2D eigenvalue weighted by molar-refractivity contribution is 0.103.